The first kappa shape index (κ1) is 49.7. The van der Waals surface area contributed by atoms with Crippen LogP contribution in [-0.4, -0.2) is 120 Å². The highest BCUT2D eigenvalue weighted by atomic mass is 35.5. The van der Waals surface area contributed by atoms with Crippen LogP contribution < -0.4 is 33.5 Å². The van der Waals surface area contributed by atoms with Crippen LogP contribution in [0.5, 0.6) is 17.2 Å². The molecule has 0 atom stereocenters. The number of fused-ring (bicyclic) bond motifs is 2. The van der Waals surface area contributed by atoms with Crippen molar-refractivity contribution in [1.29, 1.82) is 0 Å². The molecule has 0 saturated heterocycles. The normalized spacial score (nSPS) is 12.8. The van der Waals surface area contributed by atoms with Crippen LogP contribution in [0.1, 0.15) is 33.3 Å². The molecule has 2 N–H and O–H groups in total. The van der Waals surface area contributed by atoms with Crippen LogP contribution in [0.25, 0.3) is 0 Å². The summed E-state index contributed by atoms with van der Waals surface area (Å²) in [5.41, 5.74) is 2.34. The quantitative estimate of drug-likeness (QED) is 0.103. The molecule has 3 aromatic carbocycles. The zero-order valence-corrected chi connectivity index (χ0v) is 40.3. The van der Waals surface area contributed by atoms with Crippen molar-refractivity contribution in [3.05, 3.63) is 89.4 Å². The van der Waals surface area contributed by atoms with E-state index >= 15 is 0 Å². The van der Waals surface area contributed by atoms with Crippen molar-refractivity contribution in [3.8, 4) is 17.2 Å². The molecule has 2 aromatic heterocycles. The van der Waals surface area contributed by atoms with Gasteiger partial charge in [-0.1, -0.05) is 12.1 Å². The third-order valence-electron chi connectivity index (χ3n) is 9.86. The third-order valence-corrected chi connectivity index (χ3v) is 14.9. The molecule has 2 aliphatic heterocycles. The van der Waals surface area contributed by atoms with Crippen LogP contribution in [0.2, 0.25) is 0 Å². The van der Waals surface area contributed by atoms with Gasteiger partial charge in [0.2, 0.25) is 11.8 Å². The number of halogens is 1. The predicted molar refractivity (Wildman–Crippen MR) is 253 cm³/mol. The summed E-state index contributed by atoms with van der Waals surface area (Å²) in [5, 5.41) is 7.36. The zero-order chi connectivity index (χ0) is 46.3. The Morgan fingerprint density at radius 3 is 2.08 bits per heavy atom. The Morgan fingerprint density at radius 1 is 0.828 bits per heavy atom. The van der Waals surface area contributed by atoms with E-state index in [4.69, 9.17) is 25.8 Å². The third kappa shape index (κ3) is 12.9. The van der Waals surface area contributed by atoms with Crippen molar-refractivity contribution in [2.75, 3.05) is 91.3 Å². The fourth-order valence-corrected chi connectivity index (χ4v) is 10.7. The first-order valence-electron chi connectivity index (χ1n) is 20.4. The van der Waals surface area contributed by atoms with Crippen molar-refractivity contribution in [1.82, 2.24) is 19.8 Å². The number of likely N-dealkylation sites (N-methyl/N-ethyl adjacent to an activating group) is 1. The van der Waals surface area contributed by atoms with E-state index in [9.17, 15) is 26.4 Å². The highest BCUT2D eigenvalue weighted by molar-refractivity contribution is 7.93. The number of nitrogens with one attached hydrogen (secondary N) is 2. The van der Waals surface area contributed by atoms with Gasteiger partial charge in [-0.3, -0.25) is 14.3 Å². The van der Waals surface area contributed by atoms with Crippen LogP contribution in [0.15, 0.2) is 93.6 Å². The van der Waals surface area contributed by atoms with Gasteiger partial charge in [0.25, 0.3) is 20.0 Å². The van der Waals surface area contributed by atoms with E-state index in [1.54, 1.807) is 70.3 Å². The zero-order valence-electron chi connectivity index (χ0n) is 36.2. The Labute approximate surface area is 388 Å². The minimum atomic E-state index is -3.83. The molecule has 0 spiro atoms. The molecule has 5 aromatic rings. The second-order valence-electron chi connectivity index (χ2n) is 13.7. The van der Waals surface area contributed by atoms with E-state index in [1.807, 2.05) is 44.7 Å². The first-order valence-corrected chi connectivity index (χ1v) is 25.6. The maximum Gasteiger partial charge on any atom is 0.266 e. The molecule has 2 aliphatic rings. The summed E-state index contributed by atoms with van der Waals surface area (Å²) in [7, 11) is -5.99. The summed E-state index contributed by atoms with van der Waals surface area (Å²) in [6.07, 6.45) is 3.12. The van der Waals surface area contributed by atoms with Gasteiger partial charge in [0.1, 0.15) is 36.3 Å². The number of hydrogen-bond donors (Lipinski definition) is 2. The van der Waals surface area contributed by atoms with Crippen molar-refractivity contribution in [2.45, 2.75) is 44.0 Å². The number of nitrogens with zero attached hydrogens (tertiary/aromatic N) is 6. The van der Waals surface area contributed by atoms with E-state index in [-0.39, 0.29) is 40.6 Å². The van der Waals surface area contributed by atoms with Crippen LogP contribution in [0, 0.1) is 0 Å². The summed E-state index contributed by atoms with van der Waals surface area (Å²) in [6.45, 7) is 13.1. The number of rotatable bonds is 16. The second-order valence-corrected chi connectivity index (χ2v) is 19.3. The molecule has 4 heterocycles. The number of ether oxygens (including phenoxy) is 3. The second kappa shape index (κ2) is 23.5. The van der Waals surface area contributed by atoms with E-state index in [0.29, 0.717) is 66.9 Å². The summed E-state index contributed by atoms with van der Waals surface area (Å²) in [6, 6.07) is 16.9. The lowest BCUT2D eigenvalue weighted by molar-refractivity contribution is -0.129. The Balaban J connectivity index is 0.000000203. The first-order chi connectivity index (χ1) is 30.8. The van der Waals surface area contributed by atoms with Crippen molar-refractivity contribution in [2.24, 2.45) is 0 Å². The van der Waals surface area contributed by atoms with Gasteiger partial charge < -0.3 is 34.2 Å². The van der Waals surface area contributed by atoms with Crippen LogP contribution >= 0.6 is 34.3 Å². The topological polar surface area (TPSA) is 193 Å². The number of benzene rings is 3. The summed E-state index contributed by atoms with van der Waals surface area (Å²) >= 11 is 7.79. The van der Waals surface area contributed by atoms with Gasteiger partial charge in [-0.15, -0.1) is 34.3 Å². The average Bonchev–Trinajstić information content (AvgIpc) is 4.05. The molecule has 0 unspecified atom stereocenters. The number of methoxy groups -OCH3 is 1. The Morgan fingerprint density at radius 2 is 1.47 bits per heavy atom. The van der Waals surface area contributed by atoms with Crippen LogP contribution in [0.4, 0.5) is 21.6 Å². The number of carbonyl (C=O) groups is 2. The maximum atomic E-state index is 13.4. The van der Waals surface area contributed by atoms with Crippen molar-refractivity contribution < 1.29 is 40.6 Å². The predicted octanol–water partition coefficient (Wildman–Crippen LogP) is 6.46. The summed E-state index contributed by atoms with van der Waals surface area (Å²) in [5.74, 6) is 1.86. The highest BCUT2D eigenvalue weighted by Crippen LogP contribution is 2.36. The lowest BCUT2D eigenvalue weighted by Crippen LogP contribution is -2.43. The van der Waals surface area contributed by atoms with E-state index < -0.39 is 20.0 Å². The molecule has 64 heavy (non-hydrogen) atoms. The lowest BCUT2D eigenvalue weighted by atomic mass is 10.2. The van der Waals surface area contributed by atoms with Gasteiger partial charge in [-0.2, -0.15) is 0 Å². The minimum absolute atomic E-state index is 0.0154. The molecule has 0 aliphatic carbocycles. The van der Waals surface area contributed by atoms with Gasteiger partial charge in [-0.25, -0.2) is 31.1 Å². The standard InChI is InChI=1S/C19H19N3O4S2.C17H22N4O4S2.C6H12ClNO/c1-25-15-4-2-14(3-5-15)13-22(19-21-9-11-27-19)28(23,24)16-6-7-17-18(12-16)26-10-8-20-17;1-3-20(4-2)16(22)12-21-8-9-25-15-11-13(5-6-14(15)21)27(23,24)19-17-18-7-10-26-17;1-3-8(4-2)6(9)5-7/h2-7,9,11-12,20H,8,10,13H2,1H3;5-7,10-11H,3-4,8-9,12H2,1-2H3,(H,18,19);3-5H2,1-2H3. The Hall–Kier alpha value is -5.35. The number of hydrogen-bond acceptors (Lipinski definition) is 15. The molecule has 7 rings (SSSR count). The molecule has 0 saturated carbocycles. The van der Waals surface area contributed by atoms with E-state index in [1.165, 1.54) is 45.3 Å². The average molecular weight is 978 g/mol. The minimum Gasteiger partial charge on any atom is -0.497 e. The molecule has 2 amide bonds. The van der Waals surface area contributed by atoms with Gasteiger partial charge >= 0.3 is 0 Å². The molecule has 0 fully saturated rings. The van der Waals surface area contributed by atoms with E-state index in [0.717, 1.165) is 30.0 Å². The number of anilines is 4. The lowest BCUT2D eigenvalue weighted by Gasteiger charge is -2.32. The molecule has 17 nitrogen and oxygen atoms in total. The highest BCUT2D eigenvalue weighted by Gasteiger charge is 2.29. The molecule has 22 heteroatoms. The smallest absolute Gasteiger partial charge is 0.266 e. The fraction of sp³-hybridized carbons (Fsp3) is 0.381. The van der Waals surface area contributed by atoms with Crippen LogP contribution in [0.3, 0.4) is 0 Å². The Bertz CT molecular complexity index is 2490. The van der Waals surface area contributed by atoms with Gasteiger partial charge in [0.05, 0.1) is 47.9 Å². The number of sulfonamides is 2. The summed E-state index contributed by atoms with van der Waals surface area (Å²) < 4.78 is 72.1. The SMILES string of the molecule is CCN(CC)C(=O)CCl.CCN(CC)C(=O)CN1CCOc2cc(S(=O)(=O)Nc3nccs3)ccc21.COc1ccc(CN(c2nccs2)S(=O)(=O)c2ccc3c(c2)OCCN3)cc1. The van der Waals surface area contributed by atoms with Gasteiger partial charge in [0, 0.05) is 68.0 Å². The number of carbonyl (C=O) groups excluding carboxylic acids is 2. The number of aromatic nitrogens is 2. The van der Waals surface area contributed by atoms with Gasteiger partial charge in [0.15, 0.2) is 10.3 Å². The number of alkyl halides is 1. The van der Waals surface area contributed by atoms with Gasteiger partial charge in [-0.05, 0) is 69.7 Å². The monoisotopic (exact) mass is 976 g/mol. The number of amides is 2. The molecule has 0 bridgehead atoms. The van der Waals surface area contributed by atoms with Crippen LogP contribution in [-0.2, 0) is 36.2 Å². The summed E-state index contributed by atoms with van der Waals surface area (Å²) in [4.78, 5) is 37.0. The molecule has 346 valence electrons. The molecular weight excluding hydrogens is 924 g/mol. The fourth-order valence-electron chi connectivity index (χ4n) is 6.43. The molecule has 0 radical (unpaired) electrons. The van der Waals surface area contributed by atoms with Crippen molar-refractivity contribution >= 4 is 87.8 Å². The largest absolute Gasteiger partial charge is 0.497 e. The maximum absolute atomic E-state index is 13.4. The van der Waals surface area contributed by atoms with Crippen molar-refractivity contribution in [3.63, 3.8) is 0 Å². The molecular formula is C42H53ClN8O9S4. The van der Waals surface area contributed by atoms with E-state index in [2.05, 4.69) is 20.0 Å². The number of thiazole rings is 2. The Kier molecular flexibility index (Phi) is 18.3.